The summed E-state index contributed by atoms with van der Waals surface area (Å²) in [6.45, 7) is 3.40. The number of benzene rings is 2. The third-order valence-electron chi connectivity index (χ3n) is 4.36. The molecule has 2 aromatic carbocycles. The molecule has 0 fully saturated rings. The topological polar surface area (TPSA) is 93.4 Å². The van der Waals surface area contributed by atoms with Gasteiger partial charge in [-0.05, 0) is 35.4 Å². The monoisotopic (exact) mass is 386 g/mol. The first-order chi connectivity index (χ1) is 12.8. The van der Waals surface area contributed by atoms with Crippen LogP contribution in [0.1, 0.15) is 36.4 Å². The zero-order valence-electron chi connectivity index (χ0n) is 14.5. The highest BCUT2D eigenvalue weighted by molar-refractivity contribution is 6.30. The summed E-state index contributed by atoms with van der Waals surface area (Å²) in [6, 6.07) is 11.2. The van der Waals surface area contributed by atoms with Gasteiger partial charge in [0, 0.05) is 24.3 Å². The van der Waals surface area contributed by atoms with E-state index in [9.17, 15) is 20.1 Å². The molecule has 0 radical (unpaired) electrons. The number of carbonyl (C=O) groups excluding carboxylic acids is 1. The average Bonchev–Trinajstić information content (AvgIpc) is 3.08. The molecule has 1 aliphatic heterocycles. The van der Waals surface area contributed by atoms with Crippen molar-refractivity contribution in [2.75, 3.05) is 0 Å². The molecule has 0 aliphatic carbocycles. The summed E-state index contributed by atoms with van der Waals surface area (Å²) in [6.07, 6.45) is 0.652. The Labute approximate surface area is 161 Å². The van der Waals surface area contributed by atoms with Gasteiger partial charge in [-0.3, -0.25) is 4.79 Å². The third-order valence-corrected chi connectivity index (χ3v) is 4.61. The molecule has 1 aliphatic rings. The Kier molecular flexibility index (Phi) is 5.37. The second kappa shape index (κ2) is 7.72. The molecule has 0 saturated carbocycles. The normalized spacial score (nSPS) is 16.3. The Morgan fingerprint density at radius 1 is 1.15 bits per heavy atom. The van der Waals surface area contributed by atoms with Crippen molar-refractivity contribution in [1.82, 2.24) is 5.01 Å². The van der Waals surface area contributed by atoms with Gasteiger partial charge in [-0.15, -0.1) is 0 Å². The molecule has 1 unspecified atom stereocenters. The predicted molar refractivity (Wildman–Crippen MR) is 103 cm³/mol. The van der Waals surface area contributed by atoms with Crippen LogP contribution in [0.2, 0.25) is 5.02 Å². The van der Waals surface area contributed by atoms with Crippen molar-refractivity contribution >= 4 is 23.2 Å². The Hall–Kier alpha value is -2.99. The number of allylic oxidation sites excluding steroid dienone is 1. The van der Waals surface area contributed by atoms with Crippen LogP contribution in [0.3, 0.4) is 0 Å². The number of carbonyl (C=O) groups is 1. The lowest BCUT2D eigenvalue weighted by molar-refractivity contribution is -0.133. The van der Waals surface area contributed by atoms with E-state index in [0.717, 1.165) is 5.56 Å². The summed E-state index contributed by atoms with van der Waals surface area (Å²) in [5, 5.41) is 35.1. The van der Waals surface area contributed by atoms with Gasteiger partial charge in [0.15, 0.2) is 11.5 Å². The molecule has 3 N–H and O–H groups in total. The summed E-state index contributed by atoms with van der Waals surface area (Å²) in [4.78, 5) is 12.6. The van der Waals surface area contributed by atoms with Crippen molar-refractivity contribution in [2.45, 2.75) is 25.3 Å². The zero-order chi connectivity index (χ0) is 19.6. The molecule has 27 heavy (non-hydrogen) atoms. The molecule has 140 valence electrons. The highest BCUT2D eigenvalue weighted by atomic mass is 35.5. The molecule has 1 atom stereocenters. The molecule has 6 nitrogen and oxygen atoms in total. The van der Waals surface area contributed by atoms with Crippen LogP contribution in [0, 0.1) is 0 Å². The molecular formula is C20H19ClN2O4. The van der Waals surface area contributed by atoms with Crippen LogP contribution in [-0.2, 0) is 4.79 Å². The minimum absolute atomic E-state index is 0.0628. The first-order valence-corrected chi connectivity index (χ1v) is 8.77. The lowest BCUT2D eigenvalue weighted by atomic mass is 9.98. The molecule has 0 saturated heterocycles. The Morgan fingerprint density at radius 3 is 2.48 bits per heavy atom. The van der Waals surface area contributed by atoms with Gasteiger partial charge < -0.3 is 15.3 Å². The van der Waals surface area contributed by atoms with Gasteiger partial charge in [0.2, 0.25) is 5.91 Å². The van der Waals surface area contributed by atoms with Gasteiger partial charge in [0.25, 0.3) is 0 Å². The quantitative estimate of drug-likeness (QED) is 0.528. The van der Waals surface area contributed by atoms with Crippen molar-refractivity contribution in [3.8, 4) is 11.5 Å². The number of aliphatic hydroxyl groups is 1. The number of phenolic OH excluding ortho intramolecular Hbond substituents is 2. The summed E-state index contributed by atoms with van der Waals surface area (Å²) in [7, 11) is 0. The maximum absolute atomic E-state index is 12.6. The van der Waals surface area contributed by atoms with E-state index in [1.54, 1.807) is 18.2 Å². The molecule has 1 heterocycles. The van der Waals surface area contributed by atoms with Gasteiger partial charge in [-0.1, -0.05) is 36.4 Å². The van der Waals surface area contributed by atoms with Crippen molar-refractivity contribution in [1.29, 1.82) is 0 Å². The van der Waals surface area contributed by atoms with Crippen LogP contribution in [0.15, 0.2) is 59.9 Å². The fourth-order valence-electron chi connectivity index (χ4n) is 2.93. The maximum atomic E-state index is 12.6. The van der Waals surface area contributed by atoms with E-state index in [1.807, 2.05) is 12.1 Å². The zero-order valence-corrected chi connectivity index (χ0v) is 15.2. The largest absolute Gasteiger partial charge is 0.513 e. The van der Waals surface area contributed by atoms with Gasteiger partial charge in [-0.2, -0.15) is 5.10 Å². The molecule has 0 bridgehead atoms. The summed E-state index contributed by atoms with van der Waals surface area (Å²) < 4.78 is 0. The fourth-order valence-corrected chi connectivity index (χ4v) is 3.06. The van der Waals surface area contributed by atoms with Crippen LogP contribution in [-0.4, -0.2) is 31.9 Å². The number of hydrazone groups is 1. The number of aromatic hydroxyl groups is 2. The molecule has 1 amide bonds. The van der Waals surface area contributed by atoms with E-state index in [-0.39, 0.29) is 36.0 Å². The maximum Gasteiger partial charge on any atom is 0.243 e. The highest BCUT2D eigenvalue weighted by Gasteiger charge is 2.33. The third kappa shape index (κ3) is 4.23. The lowest BCUT2D eigenvalue weighted by Crippen LogP contribution is -2.26. The first-order valence-electron chi connectivity index (χ1n) is 8.39. The van der Waals surface area contributed by atoms with E-state index in [2.05, 4.69) is 11.7 Å². The number of halogens is 1. The average molecular weight is 387 g/mol. The Morgan fingerprint density at radius 2 is 1.85 bits per heavy atom. The van der Waals surface area contributed by atoms with Crippen LogP contribution in [0.4, 0.5) is 0 Å². The van der Waals surface area contributed by atoms with Crippen molar-refractivity contribution in [2.24, 2.45) is 5.10 Å². The minimum Gasteiger partial charge on any atom is -0.513 e. The molecule has 2 aromatic rings. The number of nitrogens with zero attached hydrogens (tertiary/aromatic N) is 2. The first kappa shape index (κ1) is 18.8. The number of aliphatic hydroxyl groups excluding tert-OH is 1. The summed E-state index contributed by atoms with van der Waals surface area (Å²) >= 11 is 5.94. The molecule has 0 aromatic heterocycles. The Balaban J connectivity index is 1.93. The number of hydrogen-bond donors (Lipinski definition) is 3. The van der Waals surface area contributed by atoms with E-state index in [4.69, 9.17) is 11.6 Å². The molecular weight excluding hydrogens is 368 g/mol. The van der Waals surface area contributed by atoms with Crippen molar-refractivity contribution in [3.05, 3.63) is 71.0 Å². The van der Waals surface area contributed by atoms with Gasteiger partial charge in [-0.25, -0.2) is 5.01 Å². The van der Waals surface area contributed by atoms with Gasteiger partial charge in [0.1, 0.15) is 0 Å². The Bertz CT molecular complexity index is 909. The fraction of sp³-hybridized carbons (Fsp3) is 0.200. The van der Waals surface area contributed by atoms with Crippen LogP contribution < -0.4 is 0 Å². The second-order valence-electron chi connectivity index (χ2n) is 6.33. The van der Waals surface area contributed by atoms with Crippen LogP contribution >= 0.6 is 11.6 Å². The summed E-state index contributed by atoms with van der Waals surface area (Å²) in [5.74, 6) is -0.830. The van der Waals surface area contributed by atoms with Crippen LogP contribution in [0.5, 0.6) is 11.5 Å². The minimum atomic E-state index is -0.429. The number of phenols is 2. The van der Waals surface area contributed by atoms with E-state index in [0.29, 0.717) is 22.7 Å². The van der Waals surface area contributed by atoms with Crippen molar-refractivity contribution in [3.63, 3.8) is 0 Å². The van der Waals surface area contributed by atoms with Crippen LogP contribution in [0.25, 0.3) is 0 Å². The van der Waals surface area contributed by atoms with E-state index >= 15 is 0 Å². The molecule has 7 heteroatoms. The number of amides is 1. The SMILES string of the molecule is C=C(O)CCC(=O)N1N=C(c2ccc(Cl)cc2)CC1c1ccc(O)c(O)c1. The van der Waals surface area contributed by atoms with Crippen molar-refractivity contribution < 1.29 is 20.1 Å². The number of hydrogen-bond acceptors (Lipinski definition) is 5. The lowest BCUT2D eigenvalue weighted by Gasteiger charge is -2.22. The van der Waals surface area contributed by atoms with Gasteiger partial charge >= 0.3 is 0 Å². The van der Waals surface area contributed by atoms with E-state index < -0.39 is 6.04 Å². The molecule has 0 spiro atoms. The second-order valence-corrected chi connectivity index (χ2v) is 6.76. The number of rotatable bonds is 5. The smallest absolute Gasteiger partial charge is 0.243 e. The standard InChI is InChI=1S/C20H19ClN2O4/c1-12(24)2-9-20(27)23-17(14-5-8-18(25)19(26)10-14)11-16(22-23)13-3-6-15(21)7-4-13/h3-8,10,17,24-26H,1-2,9,11H2. The predicted octanol–water partition coefficient (Wildman–Crippen LogP) is 4.28. The highest BCUT2D eigenvalue weighted by Crippen LogP contribution is 2.37. The summed E-state index contributed by atoms with van der Waals surface area (Å²) in [5.41, 5.74) is 2.20. The van der Waals surface area contributed by atoms with Gasteiger partial charge in [0.05, 0.1) is 17.5 Å². The molecule has 3 rings (SSSR count). The van der Waals surface area contributed by atoms with E-state index in [1.165, 1.54) is 17.1 Å².